The fourth-order valence-corrected chi connectivity index (χ4v) is 3.87. The van der Waals surface area contributed by atoms with Crippen molar-refractivity contribution in [1.29, 1.82) is 0 Å². The highest BCUT2D eigenvalue weighted by Gasteiger charge is 2.20. The number of nitrogens with one attached hydrogen (secondary N) is 1. The average Bonchev–Trinajstić information content (AvgIpc) is 2.69. The predicted molar refractivity (Wildman–Crippen MR) is 114 cm³/mol. The molecule has 1 N–H and O–H groups in total. The molecule has 0 saturated carbocycles. The minimum absolute atomic E-state index is 0.0246. The zero-order chi connectivity index (χ0) is 19.9. The molecule has 1 aliphatic heterocycles. The first kappa shape index (κ1) is 20.6. The monoisotopic (exact) mass is 398 g/mol. The number of nitrogens with zero attached hydrogens (tertiary/aromatic N) is 1. The van der Waals surface area contributed by atoms with Gasteiger partial charge >= 0.3 is 0 Å². The van der Waals surface area contributed by atoms with Crippen LogP contribution in [0, 0.1) is 5.92 Å². The van der Waals surface area contributed by atoms with Crippen LogP contribution < -0.4 is 5.32 Å². The van der Waals surface area contributed by atoms with Gasteiger partial charge in [0.2, 0.25) is 5.91 Å². The van der Waals surface area contributed by atoms with Gasteiger partial charge < -0.3 is 5.32 Å². The van der Waals surface area contributed by atoms with E-state index in [-0.39, 0.29) is 11.7 Å². The van der Waals surface area contributed by atoms with Crippen molar-refractivity contribution in [3.63, 3.8) is 0 Å². The SMILES string of the molecule is CC(=O)c1cccc(CN2CCC(CCC(=O)Nc3ccccc3Cl)CC2)c1. The van der Waals surface area contributed by atoms with Gasteiger partial charge in [0, 0.05) is 18.5 Å². The Morgan fingerprint density at radius 3 is 2.57 bits per heavy atom. The van der Waals surface area contributed by atoms with Crippen molar-refractivity contribution in [2.24, 2.45) is 5.92 Å². The maximum absolute atomic E-state index is 12.2. The van der Waals surface area contributed by atoms with Gasteiger partial charge in [0.05, 0.1) is 10.7 Å². The molecule has 4 nitrogen and oxygen atoms in total. The van der Waals surface area contributed by atoms with Gasteiger partial charge in [-0.1, -0.05) is 41.9 Å². The summed E-state index contributed by atoms with van der Waals surface area (Å²) >= 11 is 6.09. The number of rotatable bonds is 7. The molecule has 148 valence electrons. The van der Waals surface area contributed by atoms with Gasteiger partial charge in [-0.05, 0) is 69.0 Å². The number of Topliss-reactive ketones (excluding diaryl/α,β-unsaturated/α-hetero) is 1. The first-order valence-electron chi connectivity index (χ1n) is 9.88. The van der Waals surface area contributed by atoms with Gasteiger partial charge in [0.25, 0.3) is 0 Å². The van der Waals surface area contributed by atoms with E-state index in [1.807, 2.05) is 36.4 Å². The standard InChI is InChI=1S/C23H27ClN2O2/c1-17(27)20-6-4-5-19(15-20)16-26-13-11-18(12-14-26)9-10-23(28)25-22-8-3-2-7-21(22)24/h2-8,15,18H,9-14,16H2,1H3,(H,25,28). The molecule has 1 heterocycles. The van der Waals surface area contributed by atoms with Crippen molar-refractivity contribution < 1.29 is 9.59 Å². The summed E-state index contributed by atoms with van der Waals surface area (Å²) in [5.74, 6) is 0.712. The zero-order valence-electron chi connectivity index (χ0n) is 16.3. The Bertz CT molecular complexity index is 829. The third kappa shape index (κ3) is 5.91. The number of likely N-dealkylation sites (tertiary alicyclic amines) is 1. The molecule has 2 aromatic rings. The molecule has 0 radical (unpaired) electrons. The quantitative estimate of drug-likeness (QED) is 0.654. The van der Waals surface area contributed by atoms with E-state index < -0.39 is 0 Å². The van der Waals surface area contributed by atoms with Crippen molar-refractivity contribution in [3.05, 3.63) is 64.7 Å². The number of carbonyl (C=O) groups excluding carboxylic acids is 2. The van der Waals surface area contributed by atoms with E-state index >= 15 is 0 Å². The van der Waals surface area contributed by atoms with Crippen LogP contribution in [-0.2, 0) is 11.3 Å². The van der Waals surface area contributed by atoms with Gasteiger partial charge in [-0.3, -0.25) is 14.5 Å². The molecule has 5 heteroatoms. The van der Waals surface area contributed by atoms with Crippen molar-refractivity contribution in [1.82, 2.24) is 4.90 Å². The summed E-state index contributed by atoms with van der Waals surface area (Å²) in [6.45, 7) is 4.54. The van der Waals surface area contributed by atoms with Gasteiger partial charge in [-0.25, -0.2) is 0 Å². The fourth-order valence-electron chi connectivity index (χ4n) is 3.69. The van der Waals surface area contributed by atoms with E-state index in [4.69, 9.17) is 11.6 Å². The average molecular weight is 399 g/mol. The lowest BCUT2D eigenvalue weighted by Crippen LogP contribution is -2.33. The Morgan fingerprint density at radius 1 is 1.11 bits per heavy atom. The molecule has 0 aliphatic carbocycles. The van der Waals surface area contributed by atoms with Crippen molar-refractivity contribution >= 4 is 29.0 Å². The lowest BCUT2D eigenvalue weighted by molar-refractivity contribution is -0.116. The Kier molecular flexibility index (Phi) is 7.24. The molecular weight excluding hydrogens is 372 g/mol. The summed E-state index contributed by atoms with van der Waals surface area (Å²) in [6, 6.07) is 15.2. The molecule has 0 atom stereocenters. The summed E-state index contributed by atoms with van der Waals surface area (Å²) in [5.41, 5.74) is 2.64. The number of hydrogen-bond acceptors (Lipinski definition) is 3. The number of ketones is 1. The van der Waals surface area contributed by atoms with Crippen LogP contribution in [0.3, 0.4) is 0 Å². The van der Waals surface area contributed by atoms with Crippen LogP contribution in [0.25, 0.3) is 0 Å². The van der Waals surface area contributed by atoms with Gasteiger partial charge in [-0.2, -0.15) is 0 Å². The van der Waals surface area contributed by atoms with Crippen molar-refractivity contribution in [3.8, 4) is 0 Å². The fraction of sp³-hybridized carbons (Fsp3) is 0.391. The van der Waals surface area contributed by atoms with Crippen molar-refractivity contribution in [2.75, 3.05) is 18.4 Å². The zero-order valence-corrected chi connectivity index (χ0v) is 17.0. The number of amides is 1. The largest absolute Gasteiger partial charge is 0.325 e. The second-order valence-electron chi connectivity index (χ2n) is 7.54. The molecule has 0 unspecified atom stereocenters. The minimum Gasteiger partial charge on any atom is -0.325 e. The molecule has 3 rings (SSSR count). The number of hydrogen-bond donors (Lipinski definition) is 1. The highest BCUT2D eigenvalue weighted by atomic mass is 35.5. The summed E-state index contributed by atoms with van der Waals surface area (Å²) in [7, 11) is 0. The lowest BCUT2D eigenvalue weighted by Gasteiger charge is -2.32. The molecule has 1 saturated heterocycles. The van der Waals surface area contributed by atoms with Gasteiger partial charge in [0.15, 0.2) is 5.78 Å². The Balaban J connectivity index is 1.40. The maximum atomic E-state index is 12.2. The number of piperidine rings is 1. The van der Waals surface area contributed by atoms with Crippen LogP contribution in [-0.4, -0.2) is 29.7 Å². The molecule has 0 aromatic heterocycles. The molecule has 0 spiro atoms. The smallest absolute Gasteiger partial charge is 0.224 e. The number of benzene rings is 2. The molecule has 28 heavy (non-hydrogen) atoms. The van der Waals surface area contributed by atoms with E-state index in [0.29, 0.717) is 23.0 Å². The van der Waals surface area contributed by atoms with Crippen LogP contribution in [0.5, 0.6) is 0 Å². The maximum Gasteiger partial charge on any atom is 0.224 e. The summed E-state index contributed by atoms with van der Waals surface area (Å²) in [5, 5.41) is 3.46. The minimum atomic E-state index is 0.0246. The molecule has 0 bridgehead atoms. The topological polar surface area (TPSA) is 49.4 Å². The van der Waals surface area contributed by atoms with E-state index in [2.05, 4.69) is 16.3 Å². The third-order valence-electron chi connectivity index (χ3n) is 5.37. The number of halogens is 1. The predicted octanol–water partition coefficient (Wildman–Crippen LogP) is 5.17. The first-order valence-corrected chi connectivity index (χ1v) is 10.3. The number of para-hydroxylation sites is 1. The molecular formula is C23H27ClN2O2. The highest BCUT2D eigenvalue weighted by molar-refractivity contribution is 6.33. The van der Waals surface area contributed by atoms with Crippen LogP contribution >= 0.6 is 11.6 Å². The Hall–Kier alpha value is -2.17. The normalized spacial score (nSPS) is 15.4. The Morgan fingerprint density at radius 2 is 1.86 bits per heavy atom. The Labute approximate surface area is 171 Å². The van der Waals surface area contributed by atoms with Crippen LogP contribution in [0.4, 0.5) is 5.69 Å². The van der Waals surface area contributed by atoms with Crippen molar-refractivity contribution in [2.45, 2.75) is 39.2 Å². The van der Waals surface area contributed by atoms with Crippen LogP contribution in [0.1, 0.15) is 48.5 Å². The van der Waals surface area contributed by atoms with Crippen LogP contribution in [0.2, 0.25) is 5.02 Å². The summed E-state index contributed by atoms with van der Waals surface area (Å²) in [6.07, 6.45) is 3.64. The highest BCUT2D eigenvalue weighted by Crippen LogP contribution is 2.25. The second kappa shape index (κ2) is 9.85. The molecule has 1 aliphatic rings. The van der Waals surface area contributed by atoms with E-state index in [1.165, 1.54) is 5.56 Å². The second-order valence-corrected chi connectivity index (χ2v) is 7.95. The van der Waals surface area contributed by atoms with Gasteiger partial charge in [-0.15, -0.1) is 0 Å². The molecule has 1 fully saturated rings. The third-order valence-corrected chi connectivity index (χ3v) is 5.70. The van der Waals surface area contributed by atoms with E-state index in [0.717, 1.165) is 44.5 Å². The molecule has 1 amide bonds. The van der Waals surface area contributed by atoms with Crippen LogP contribution in [0.15, 0.2) is 48.5 Å². The molecule has 2 aromatic carbocycles. The van der Waals surface area contributed by atoms with E-state index in [1.54, 1.807) is 13.0 Å². The summed E-state index contributed by atoms with van der Waals surface area (Å²) in [4.78, 5) is 26.2. The number of anilines is 1. The van der Waals surface area contributed by atoms with E-state index in [9.17, 15) is 9.59 Å². The summed E-state index contributed by atoms with van der Waals surface area (Å²) < 4.78 is 0. The first-order chi connectivity index (χ1) is 13.5. The lowest BCUT2D eigenvalue weighted by atomic mass is 9.91. The number of carbonyl (C=O) groups is 2. The van der Waals surface area contributed by atoms with Gasteiger partial charge in [0.1, 0.15) is 0 Å².